The van der Waals surface area contributed by atoms with Gasteiger partial charge in [-0.3, -0.25) is 0 Å². The van der Waals surface area contributed by atoms with Gasteiger partial charge in [0, 0.05) is 0 Å². The molecule has 0 aromatic heterocycles. The largest absolute Gasteiger partial charge is 0.385 e. The lowest BCUT2D eigenvalue weighted by molar-refractivity contribution is 0.0277. The van der Waals surface area contributed by atoms with E-state index in [1.165, 1.54) is 11.1 Å². The quantitative estimate of drug-likeness (QED) is 0.779. The summed E-state index contributed by atoms with van der Waals surface area (Å²) in [7, 11) is 0. The van der Waals surface area contributed by atoms with Gasteiger partial charge < -0.3 is 5.11 Å². The first-order valence-electron chi connectivity index (χ1n) is 5.34. The van der Waals surface area contributed by atoms with Crippen LogP contribution in [0.15, 0.2) is 18.2 Å². The van der Waals surface area contributed by atoms with E-state index in [9.17, 15) is 5.11 Å². The molecule has 0 unspecified atom stereocenters. The van der Waals surface area contributed by atoms with Crippen LogP contribution in [0.25, 0.3) is 0 Å². The summed E-state index contributed by atoms with van der Waals surface area (Å²) in [6.45, 7) is 8.24. The van der Waals surface area contributed by atoms with Gasteiger partial charge in [0.05, 0.1) is 5.60 Å². The van der Waals surface area contributed by atoms with E-state index in [1.807, 2.05) is 26.0 Å². The highest BCUT2D eigenvalue weighted by Gasteiger charge is 2.26. The van der Waals surface area contributed by atoms with E-state index < -0.39 is 5.60 Å². The Bertz CT molecular complexity index is 311. The molecule has 1 heteroatoms. The number of rotatable bonds is 3. The van der Waals surface area contributed by atoms with Crippen molar-refractivity contribution < 1.29 is 5.11 Å². The number of hydrogen-bond acceptors (Lipinski definition) is 1. The minimum absolute atomic E-state index is 0.643. The lowest BCUT2D eigenvalue weighted by atomic mass is 9.84. The first-order chi connectivity index (χ1) is 6.55. The molecule has 1 rings (SSSR count). The van der Waals surface area contributed by atoms with E-state index in [0.29, 0.717) is 0 Å². The molecular formula is C13H20O. The van der Waals surface area contributed by atoms with Crippen molar-refractivity contribution in [3.05, 3.63) is 34.9 Å². The van der Waals surface area contributed by atoms with Crippen molar-refractivity contribution >= 4 is 0 Å². The maximum atomic E-state index is 10.4. The van der Waals surface area contributed by atoms with Crippen molar-refractivity contribution in [2.75, 3.05) is 0 Å². The molecule has 0 amide bonds. The van der Waals surface area contributed by atoms with Gasteiger partial charge >= 0.3 is 0 Å². The number of benzene rings is 1. The van der Waals surface area contributed by atoms with E-state index >= 15 is 0 Å². The number of aliphatic hydroxyl groups is 1. The average Bonchev–Trinajstić information content (AvgIpc) is 2.21. The van der Waals surface area contributed by atoms with Gasteiger partial charge in [0.1, 0.15) is 0 Å². The molecule has 1 N–H and O–H groups in total. The second-order valence-corrected chi connectivity index (χ2v) is 3.99. The van der Waals surface area contributed by atoms with Gasteiger partial charge in [0.2, 0.25) is 0 Å². The van der Waals surface area contributed by atoms with E-state index in [-0.39, 0.29) is 0 Å². The summed E-state index contributed by atoms with van der Waals surface area (Å²) in [5.41, 5.74) is 2.92. The van der Waals surface area contributed by atoms with Gasteiger partial charge in [-0.05, 0) is 43.4 Å². The molecule has 1 nitrogen and oxygen atoms in total. The van der Waals surface area contributed by atoms with Crippen molar-refractivity contribution in [1.82, 2.24) is 0 Å². The predicted octanol–water partition coefficient (Wildman–Crippen LogP) is 3.31. The molecule has 0 bridgehead atoms. The molecule has 78 valence electrons. The minimum atomic E-state index is -0.643. The van der Waals surface area contributed by atoms with Gasteiger partial charge in [0.25, 0.3) is 0 Å². The van der Waals surface area contributed by atoms with Gasteiger partial charge in [-0.2, -0.15) is 0 Å². The summed E-state index contributed by atoms with van der Waals surface area (Å²) < 4.78 is 0. The normalized spacial score (nSPS) is 11.8. The highest BCUT2D eigenvalue weighted by atomic mass is 16.3. The molecule has 0 aliphatic rings. The Morgan fingerprint density at radius 1 is 1.14 bits per heavy atom. The lowest BCUT2D eigenvalue weighted by Crippen LogP contribution is -2.24. The van der Waals surface area contributed by atoms with Crippen LogP contribution in [0.3, 0.4) is 0 Å². The maximum Gasteiger partial charge on any atom is 0.0894 e. The third kappa shape index (κ3) is 1.83. The molecule has 0 saturated heterocycles. The number of aryl methyl sites for hydroxylation is 1. The van der Waals surface area contributed by atoms with Crippen LogP contribution in [-0.4, -0.2) is 5.11 Å². The lowest BCUT2D eigenvalue weighted by Gasteiger charge is -2.28. The summed E-state index contributed by atoms with van der Waals surface area (Å²) in [5.74, 6) is 0. The fourth-order valence-corrected chi connectivity index (χ4v) is 1.89. The Balaban J connectivity index is 3.24. The van der Waals surface area contributed by atoms with Crippen LogP contribution < -0.4 is 0 Å². The van der Waals surface area contributed by atoms with Crippen molar-refractivity contribution in [1.29, 1.82) is 0 Å². The van der Waals surface area contributed by atoms with Gasteiger partial charge in [-0.15, -0.1) is 0 Å². The van der Waals surface area contributed by atoms with Crippen LogP contribution in [0.2, 0.25) is 0 Å². The minimum Gasteiger partial charge on any atom is -0.385 e. The molecule has 0 spiro atoms. The molecule has 0 fully saturated rings. The summed E-state index contributed by atoms with van der Waals surface area (Å²) in [6.07, 6.45) is 1.54. The summed E-state index contributed by atoms with van der Waals surface area (Å²) >= 11 is 0. The second-order valence-electron chi connectivity index (χ2n) is 3.99. The van der Waals surface area contributed by atoms with Crippen molar-refractivity contribution in [3.63, 3.8) is 0 Å². The van der Waals surface area contributed by atoms with Gasteiger partial charge in [-0.25, -0.2) is 0 Å². The fraction of sp³-hybridized carbons (Fsp3) is 0.538. The van der Waals surface area contributed by atoms with Crippen molar-refractivity contribution in [2.24, 2.45) is 0 Å². The molecule has 0 aliphatic carbocycles. The molecule has 1 aromatic rings. The third-order valence-corrected chi connectivity index (χ3v) is 3.28. The fourth-order valence-electron chi connectivity index (χ4n) is 1.89. The highest BCUT2D eigenvalue weighted by molar-refractivity contribution is 5.37. The summed E-state index contributed by atoms with van der Waals surface area (Å²) in [6, 6.07) is 6.15. The van der Waals surface area contributed by atoms with Crippen LogP contribution in [0, 0.1) is 13.8 Å². The van der Waals surface area contributed by atoms with E-state index in [4.69, 9.17) is 0 Å². The van der Waals surface area contributed by atoms with Gasteiger partial charge in [-0.1, -0.05) is 32.0 Å². The van der Waals surface area contributed by atoms with Crippen molar-refractivity contribution in [2.45, 2.75) is 46.1 Å². The summed E-state index contributed by atoms with van der Waals surface area (Å²) in [4.78, 5) is 0. The zero-order valence-corrected chi connectivity index (χ0v) is 9.59. The maximum absolute atomic E-state index is 10.4. The Morgan fingerprint density at radius 3 is 2.21 bits per heavy atom. The van der Waals surface area contributed by atoms with Crippen LogP contribution in [0.4, 0.5) is 0 Å². The molecule has 14 heavy (non-hydrogen) atoms. The van der Waals surface area contributed by atoms with Crippen LogP contribution in [0.5, 0.6) is 0 Å². The van der Waals surface area contributed by atoms with Gasteiger partial charge in [0.15, 0.2) is 0 Å². The van der Waals surface area contributed by atoms with E-state index in [2.05, 4.69) is 19.9 Å². The Labute approximate surface area is 86.8 Å². The summed E-state index contributed by atoms with van der Waals surface area (Å²) in [5, 5.41) is 10.4. The standard InChI is InChI=1S/C13H20O/c1-5-13(14,6-2)12-9-7-8-10(3)11(12)4/h7-9,14H,5-6H2,1-4H3. The van der Waals surface area contributed by atoms with Crippen LogP contribution >= 0.6 is 0 Å². The molecule has 0 aliphatic heterocycles. The van der Waals surface area contributed by atoms with Crippen LogP contribution in [-0.2, 0) is 5.60 Å². The first kappa shape index (κ1) is 11.3. The average molecular weight is 192 g/mol. The predicted molar refractivity (Wildman–Crippen MR) is 60.4 cm³/mol. The smallest absolute Gasteiger partial charge is 0.0894 e. The molecule has 0 saturated carbocycles. The SMILES string of the molecule is CCC(O)(CC)c1cccc(C)c1C. The number of hydrogen-bond donors (Lipinski definition) is 1. The first-order valence-corrected chi connectivity index (χ1v) is 5.34. The Hall–Kier alpha value is -0.820. The van der Waals surface area contributed by atoms with Crippen molar-refractivity contribution in [3.8, 4) is 0 Å². The van der Waals surface area contributed by atoms with Crippen LogP contribution in [0.1, 0.15) is 43.4 Å². The molecule has 0 atom stereocenters. The second kappa shape index (κ2) is 4.14. The monoisotopic (exact) mass is 192 g/mol. The zero-order chi connectivity index (χ0) is 10.8. The molecule has 0 heterocycles. The Kier molecular flexibility index (Phi) is 3.33. The zero-order valence-electron chi connectivity index (χ0n) is 9.59. The molecular weight excluding hydrogens is 172 g/mol. The Morgan fingerprint density at radius 2 is 1.71 bits per heavy atom. The van der Waals surface area contributed by atoms with E-state index in [0.717, 1.165) is 18.4 Å². The third-order valence-electron chi connectivity index (χ3n) is 3.28. The van der Waals surface area contributed by atoms with E-state index in [1.54, 1.807) is 0 Å². The molecule has 1 aromatic carbocycles. The topological polar surface area (TPSA) is 20.2 Å². The molecule has 0 radical (unpaired) electrons. The highest BCUT2D eigenvalue weighted by Crippen LogP contribution is 2.31.